The third-order valence-electron chi connectivity index (χ3n) is 4.05. The molecule has 2 heterocycles. The van der Waals surface area contributed by atoms with Gasteiger partial charge in [0.1, 0.15) is 0 Å². The number of likely N-dealkylation sites (tertiary alicyclic amines) is 1. The highest BCUT2D eigenvalue weighted by atomic mass is 16.2. The van der Waals surface area contributed by atoms with Crippen molar-refractivity contribution in [2.24, 2.45) is 5.92 Å². The molecular formula is C13H25N3O. The number of nitrogens with one attached hydrogen (secondary N) is 1. The van der Waals surface area contributed by atoms with E-state index in [4.69, 9.17) is 0 Å². The van der Waals surface area contributed by atoms with E-state index in [-0.39, 0.29) is 0 Å². The SMILES string of the molecule is CC1CCC(C)N(CC(=O)N2CCNCC2)C1. The highest BCUT2D eigenvalue weighted by Gasteiger charge is 2.26. The summed E-state index contributed by atoms with van der Waals surface area (Å²) in [6.45, 7) is 9.86. The molecule has 0 aromatic rings. The third kappa shape index (κ3) is 3.42. The van der Waals surface area contributed by atoms with Gasteiger partial charge in [-0.3, -0.25) is 9.69 Å². The minimum atomic E-state index is 0.312. The Kier molecular flexibility index (Phi) is 4.40. The van der Waals surface area contributed by atoms with Crippen LogP contribution < -0.4 is 5.32 Å². The van der Waals surface area contributed by atoms with Crippen LogP contribution in [-0.4, -0.2) is 61.0 Å². The van der Waals surface area contributed by atoms with Gasteiger partial charge in [0.2, 0.25) is 5.91 Å². The fourth-order valence-electron chi connectivity index (χ4n) is 2.79. The van der Waals surface area contributed by atoms with Gasteiger partial charge in [-0.1, -0.05) is 6.92 Å². The van der Waals surface area contributed by atoms with E-state index in [1.54, 1.807) is 0 Å². The van der Waals surface area contributed by atoms with Crippen LogP contribution >= 0.6 is 0 Å². The van der Waals surface area contributed by atoms with Crippen LogP contribution in [0.5, 0.6) is 0 Å². The molecule has 0 radical (unpaired) electrons. The van der Waals surface area contributed by atoms with Crippen LogP contribution in [0.15, 0.2) is 0 Å². The molecule has 98 valence electrons. The first-order chi connectivity index (χ1) is 8.16. The number of rotatable bonds is 2. The second kappa shape index (κ2) is 5.83. The normalized spacial score (nSPS) is 31.5. The highest BCUT2D eigenvalue weighted by Crippen LogP contribution is 2.21. The maximum Gasteiger partial charge on any atom is 0.236 e. The Hall–Kier alpha value is -0.610. The van der Waals surface area contributed by atoms with Crippen molar-refractivity contribution >= 4 is 5.91 Å². The quantitative estimate of drug-likeness (QED) is 0.764. The van der Waals surface area contributed by atoms with Crippen LogP contribution in [0, 0.1) is 5.92 Å². The zero-order valence-electron chi connectivity index (χ0n) is 11.1. The van der Waals surface area contributed by atoms with E-state index in [2.05, 4.69) is 24.1 Å². The van der Waals surface area contributed by atoms with Gasteiger partial charge in [0, 0.05) is 38.8 Å². The molecule has 2 fully saturated rings. The molecule has 17 heavy (non-hydrogen) atoms. The van der Waals surface area contributed by atoms with Gasteiger partial charge in [-0.15, -0.1) is 0 Å². The van der Waals surface area contributed by atoms with Crippen molar-refractivity contribution in [3.05, 3.63) is 0 Å². The van der Waals surface area contributed by atoms with Crippen molar-refractivity contribution in [3.8, 4) is 0 Å². The van der Waals surface area contributed by atoms with Crippen LogP contribution in [0.1, 0.15) is 26.7 Å². The molecule has 4 nitrogen and oxygen atoms in total. The van der Waals surface area contributed by atoms with Crippen molar-refractivity contribution in [3.63, 3.8) is 0 Å². The predicted octanol–water partition coefficient (Wildman–Crippen LogP) is 0.539. The molecule has 1 amide bonds. The summed E-state index contributed by atoms with van der Waals surface area (Å²) in [5.41, 5.74) is 0. The summed E-state index contributed by atoms with van der Waals surface area (Å²) in [5.74, 6) is 1.05. The Morgan fingerprint density at radius 2 is 1.94 bits per heavy atom. The molecule has 2 aliphatic heterocycles. The van der Waals surface area contributed by atoms with Crippen molar-refractivity contribution < 1.29 is 4.79 Å². The van der Waals surface area contributed by atoms with Crippen LogP contribution in [-0.2, 0) is 4.79 Å². The summed E-state index contributed by atoms with van der Waals surface area (Å²) in [4.78, 5) is 16.5. The van der Waals surface area contributed by atoms with E-state index in [1.165, 1.54) is 12.8 Å². The first-order valence-electron chi connectivity index (χ1n) is 6.89. The average molecular weight is 239 g/mol. The number of hydrogen-bond acceptors (Lipinski definition) is 3. The molecule has 4 heteroatoms. The van der Waals surface area contributed by atoms with Gasteiger partial charge in [-0.05, 0) is 25.7 Å². The molecule has 0 saturated carbocycles. The van der Waals surface area contributed by atoms with Crippen molar-refractivity contribution in [1.82, 2.24) is 15.1 Å². The van der Waals surface area contributed by atoms with E-state index in [9.17, 15) is 4.79 Å². The maximum absolute atomic E-state index is 12.2. The van der Waals surface area contributed by atoms with Gasteiger partial charge in [-0.2, -0.15) is 0 Å². The lowest BCUT2D eigenvalue weighted by atomic mass is 9.95. The fraction of sp³-hybridized carbons (Fsp3) is 0.923. The van der Waals surface area contributed by atoms with Crippen LogP contribution in [0.2, 0.25) is 0 Å². The van der Waals surface area contributed by atoms with E-state index in [0.29, 0.717) is 18.5 Å². The lowest BCUT2D eigenvalue weighted by Crippen LogP contribution is -2.52. The summed E-state index contributed by atoms with van der Waals surface area (Å²) in [7, 11) is 0. The van der Waals surface area contributed by atoms with E-state index < -0.39 is 0 Å². The number of hydrogen-bond donors (Lipinski definition) is 1. The Morgan fingerprint density at radius 1 is 1.24 bits per heavy atom. The molecule has 0 aromatic carbocycles. The van der Waals surface area contributed by atoms with Gasteiger partial charge < -0.3 is 10.2 Å². The summed E-state index contributed by atoms with van der Waals surface area (Å²) in [6.07, 6.45) is 2.54. The first-order valence-corrected chi connectivity index (χ1v) is 6.89. The van der Waals surface area contributed by atoms with Crippen molar-refractivity contribution in [2.75, 3.05) is 39.3 Å². The summed E-state index contributed by atoms with van der Waals surface area (Å²) < 4.78 is 0. The van der Waals surface area contributed by atoms with Crippen molar-refractivity contribution in [1.29, 1.82) is 0 Å². The Morgan fingerprint density at radius 3 is 2.65 bits per heavy atom. The molecule has 2 saturated heterocycles. The zero-order chi connectivity index (χ0) is 12.3. The minimum absolute atomic E-state index is 0.312. The number of amides is 1. The second-order valence-electron chi connectivity index (χ2n) is 5.59. The standard InChI is InChI=1S/C13H25N3O/c1-11-3-4-12(2)16(9-11)10-13(17)15-7-5-14-6-8-15/h11-12,14H,3-10H2,1-2H3. The molecule has 2 atom stereocenters. The molecule has 0 aromatic heterocycles. The Bertz CT molecular complexity index is 263. The predicted molar refractivity (Wildman–Crippen MR) is 68.9 cm³/mol. The van der Waals surface area contributed by atoms with Gasteiger partial charge >= 0.3 is 0 Å². The molecular weight excluding hydrogens is 214 g/mol. The lowest BCUT2D eigenvalue weighted by molar-refractivity contribution is -0.134. The highest BCUT2D eigenvalue weighted by molar-refractivity contribution is 5.78. The van der Waals surface area contributed by atoms with Gasteiger partial charge in [0.15, 0.2) is 0 Å². The van der Waals surface area contributed by atoms with E-state index in [1.807, 2.05) is 4.90 Å². The molecule has 0 spiro atoms. The van der Waals surface area contributed by atoms with Crippen LogP contribution in [0.3, 0.4) is 0 Å². The van der Waals surface area contributed by atoms with E-state index in [0.717, 1.165) is 38.6 Å². The number of piperidine rings is 1. The summed E-state index contributed by atoms with van der Waals surface area (Å²) in [5, 5.41) is 3.28. The summed E-state index contributed by atoms with van der Waals surface area (Å²) in [6, 6.07) is 0.568. The largest absolute Gasteiger partial charge is 0.339 e. The second-order valence-corrected chi connectivity index (χ2v) is 5.59. The molecule has 0 bridgehead atoms. The number of nitrogens with zero attached hydrogens (tertiary/aromatic N) is 2. The molecule has 2 rings (SSSR count). The molecule has 2 unspecified atom stereocenters. The molecule has 2 aliphatic rings. The molecule has 0 aliphatic carbocycles. The van der Waals surface area contributed by atoms with Crippen molar-refractivity contribution in [2.45, 2.75) is 32.7 Å². The van der Waals surface area contributed by atoms with Crippen LogP contribution in [0.25, 0.3) is 0 Å². The van der Waals surface area contributed by atoms with Gasteiger partial charge in [0.05, 0.1) is 6.54 Å². The van der Waals surface area contributed by atoms with E-state index >= 15 is 0 Å². The Labute approximate surface area is 104 Å². The minimum Gasteiger partial charge on any atom is -0.339 e. The van der Waals surface area contributed by atoms with Crippen LogP contribution in [0.4, 0.5) is 0 Å². The number of piperazine rings is 1. The fourth-order valence-corrected chi connectivity index (χ4v) is 2.79. The van der Waals surface area contributed by atoms with Gasteiger partial charge in [-0.25, -0.2) is 0 Å². The molecule has 1 N–H and O–H groups in total. The topological polar surface area (TPSA) is 35.6 Å². The number of carbonyl (C=O) groups is 1. The summed E-state index contributed by atoms with van der Waals surface area (Å²) >= 11 is 0. The monoisotopic (exact) mass is 239 g/mol. The Balaban J connectivity index is 1.83. The first kappa shape index (κ1) is 12.8. The third-order valence-corrected chi connectivity index (χ3v) is 4.05. The average Bonchev–Trinajstić information content (AvgIpc) is 2.35. The van der Waals surface area contributed by atoms with Gasteiger partial charge in [0.25, 0.3) is 0 Å². The number of carbonyl (C=O) groups excluding carboxylic acids is 1. The zero-order valence-corrected chi connectivity index (χ0v) is 11.1. The lowest BCUT2D eigenvalue weighted by Gasteiger charge is -2.38. The smallest absolute Gasteiger partial charge is 0.236 e. The maximum atomic E-state index is 12.2.